The van der Waals surface area contributed by atoms with Gasteiger partial charge in [0, 0.05) is 85.1 Å². The molecule has 1 aromatic heterocycles. The molecule has 0 amide bonds. The van der Waals surface area contributed by atoms with Crippen LogP contribution >= 0.6 is 0 Å². The van der Waals surface area contributed by atoms with Gasteiger partial charge in [0.1, 0.15) is 17.3 Å². The first-order valence-electron chi connectivity index (χ1n) is 16.1. The Morgan fingerprint density at radius 2 is 1.74 bits per heavy atom. The maximum absolute atomic E-state index is 5.60. The summed E-state index contributed by atoms with van der Waals surface area (Å²) >= 11 is 0. The van der Waals surface area contributed by atoms with Gasteiger partial charge in [-0.3, -0.25) is 9.80 Å². The Labute approximate surface area is 251 Å². The molecule has 2 unspecified atom stereocenters. The fraction of sp³-hybridized carbons (Fsp3) is 0.571. The second-order valence-corrected chi connectivity index (χ2v) is 13.5. The van der Waals surface area contributed by atoms with E-state index >= 15 is 0 Å². The summed E-state index contributed by atoms with van der Waals surface area (Å²) in [5, 5.41) is 9.81. The van der Waals surface area contributed by atoms with Crippen LogP contribution in [-0.2, 0) is 6.54 Å². The Morgan fingerprint density at radius 3 is 2.50 bits per heavy atom. The van der Waals surface area contributed by atoms with Crippen LogP contribution in [0.25, 0.3) is 10.8 Å². The topological polar surface area (TPSA) is 61.9 Å². The van der Waals surface area contributed by atoms with Crippen LogP contribution < -0.4 is 20.1 Å². The molecule has 5 fully saturated rings. The third-order valence-electron chi connectivity index (χ3n) is 11.0. The lowest BCUT2D eigenvalue weighted by Gasteiger charge is -2.53. The number of anilines is 2. The highest BCUT2D eigenvalue weighted by Gasteiger charge is 2.49. The minimum atomic E-state index is 0.622. The average molecular weight is 570 g/mol. The number of nitrogens with one attached hydrogen (secondary N) is 2. The average Bonchev–Trinajstić information content (AvgIpc) is 3.59. The predicted molar refractivity (Wildman–Crippen MR) is 171 cm³/mol. The van der Waals surface area contributed by atoms with Gasteiger partial charge in [-0.05, 0) is 87.5 Å². The van der Waals surface area contributed by atoms with E-state index in [2.05, 4.69) is 58.5 Å². The first-order chi connectivity index (χ1) is 20.5. The summed E-state index contributed by atoms with van der Waals surface area (Å²) < 4.78 is 11.0. The molecule has 2 saturated heterocycles. The number of hydrogen-bond donors (Lipinski definition) is 2. The van der Waals surface area contributed by atoms with Crippen molar-refractivity contribution in [2.75, 3.05) is 51.0 Å². The zero-order valence-electron chi connectivity index (χ0n) is 25.7. The fourth-order valence-corrected chi connectivity index (χ4v) is 8.58. The number of aromatic nitrogens is 1. The van der Waals surface area contributed by atoms with E-state index in [0.717, 1.165) is 70.6 Å². The second kappa shape index (κ2) is 11.6. The maximum Gasteiger partial charge on any atom is 0.134 e. The van der Waals surface area contributed by atoms with Gasteiger partial charge in [-0.2, -0.15) is 0 Å². The van der Waals surface area contributed by atoms with Crippen LogP contribution in [0.4, 0.5) is 11.5 Å². The lowest BCUT2D eigenvalue weighted by atomic mass is 9.55. The van der Waals surface area contributed by atoms with Crippen molar-refractivity contribution in [1.29, 1.82) is 0 Å². The molecule has 7 heteroatoms. The minimum absolute atomic E-state index is 0.622. The molecule has 3 aliphatic carbocycles. The van der Waals surface area contributed by atoms with Crippen molar-refractivity contribution in [2.45, 2.75) is 64.2 Å². The summed E-state index contributed by atoms with van der Waals surface area (Å²) in [4.78, 5) is 10.3. The first kappa shape index (κ1) is 27.8. The van der Waals surface area contributed by atoms with Crippen LogP contribution in [0, 0.1) is 23.7 Å². The highest BCUT2D eigenvalue weighted by atomic mass is 16.5. The number of nitrogens with zero attached hydrogens (tertiary/aromatic N) is 3. The van der Waals surface area contributed by atoms with Crippen LogP contribution in [0.15, 0.2) is 48.7 Å². The quantitative estimate of drug-likeness (QED) is 0.289. The molecule has 4 bridgehead atoms. The molecular formula is C35H47N5O2. The van der Waals surface area contributed by atoms with E-state index in [1.165, 1.54) is 56.4 Å². The highest BCUT2D eigenvalue weighted by Crippen LogP contribution is 2.53. The SMILES string of the molecule is COc1ccc(CNc2nccc3c(NCC4CC(CN5C[C@@H]6C[C@H]5CN6C(C)C)C5CC4C5)cccc23)c(OC)c1. The molecule has 3 heterocycles. The molecule has 2 aromatic carbocycles. The Morgan fingerprint density at radius 1 is 0.881 bits per heavy atom. The van der Waals surface area contributed by atoms with Crippen LogP contribution in [-0.4, -0.2) is 73.3 Å². The molecule has 0 spiro atoms. The third-order valence-corrected chi connectivity index (χ3v) is 11.0. The number of benzene rings is 2. The Hall–Kier alpha value is -3.03. The van der Waals surface area contributed by atoms with Gasteiger partial charge in [0.15, 0.2) is 0 Å². The van der Waals surface area contributed by atoms with Gasteiger partial charge in [-0.15, -0.1) is 0 Å². The molecule has 4 atom stereocenters. The number of likely N-dealkylation sites (tertiary alicyclic amines) is 2. The van der Waals surface area contributed by atoms with Gasteiger partial charge in [0.05, 0.1) is 14.2 Å². The molecule has 2 N–H and O–H groups in total. The zero-order valence-corrected chi connectivity index (χ0v) is 25.7. The zero-order chi connectivity index (χ0) is 28.8. The number of hydrogen-bond acceptors (Lipinski definition) is 7. The van der Waals surface area contributed by atoms with Crippen molar-refractivity contribution in [3.05, 3.63) is 54.2 Å². The van der Waals surface area contributed by atoms with E-state index in [1.807, 2.05) is 24.4 Å². The summed E-state index contributed by atoms with van der Waals surface area (Å²) in [6.45, 7) is 10.3. The minimum Gasteiger partial charge on any atom is -0.497 e. The highest BCUT2D eigenvalue weighted by molar-refractivity contribution is 5.99. The van der Waals surface area contributed by atoms with E-state index in [4.69, 9.17) is 14.5 Å². The number of rotatable bonds is 11. The number of piperazine rings is 1. The van der Waals surface area contributed by atoms with E-state index in [-0.39, 0.29) is 0 Å². The first-order valence-corrected chi connectivity index (χ1v) is 16.1. The summed E-state index contributed by atoms with van der Waals surface area (Å²) in [5.74, 6) is 6.00. The third kappa shape index (κ3) is 5.19. The molecule has 224 valence electrons. The lowest BCUT2D eigenvalue weighted by molar-refractivity contribution is -0.0237. The van der Waals surface area contributed by atoms with Gasteiger partial charge < -0.3 is 20.1 Å². The van der Waals surface area contributed by atoms with Crippen LogP contribution in [0.2, 0.25) is 0 Å². The molecule has 7 nitrogen and oxygen atoms in total. The van der Waals surface area contributed by atoms with Crippen molar-refractivity contribution >= 4 is 22.3 Å². The Bertz CT molecular complexity index is 1410. The molecule has 42 heavy (non-hydrogen) atoms. The predicted octanol–water partition coefficient (Wildman–Crippen LogP) is 6.11. The van der Waals surface area contributed by atoms with Crippen molar-refractivity contribution in [3.63, 3.8) is 0 Å². The van der Waals surface area contributed by atoms with Crippen molar-refractivity contribution in [2.24, 2.45) is 23.7 Å². The van der Waals surface area contributed by atoms with E-state index in [9.17, 15) is 0 Å². The lowest BCUT2D eigenvalue weighted by Crippen LogP contribution is -2.53. The van der Waals surface area contributed by atoms with Crippen LogP contribution in [0.1, 0.15) is 45.1 Å². The van der Waals surface area contributed by atoms with Crippen molar-refractivity contribution < 1.29 is 9.47 Å². The number of fused-ring (bicyclic) bond motifs is 5. The molecule has 2 aliphatic heterocycles. The molecule has 3 aromatic rings. The summed E-state index contributed by atoms with van der Waals surface area (Å²) in [5.41, 5.74) is 2.28. The van der Waals surface area contributed by atoms with E-state index in [1.54, 1.807) is 14.2 Å². The molecule has 3 saturated carbocycles. The van der Waals surface area contributed by atoms with Gasteiger partial charge in [-0.25, -0.2) is 4.98 Å². The van der Waals surface area contributed by atoms with Gasteiger partial charge >= 0.3 is 0 Å². The second-order valence-electron chi connectivity index (χ2n) is 13.5. The fourth-order valence-electron chi connectivity index (χ4n) is 8.58. The van der Waals surface area contributed by atoms with Gasteiger partial charge in [0.2, 0.25) is 0 Å². The van der Waals surface area contributed by atoms with Crippen molar-refractivity contribution in [3.8, 4) is 11.5 Å². The Balaban J connectivity index is 0.990. The largest absolute Gasteiger partial charge is 0.497 e. The van der Waals surface area contributed by atoms with Gasteiger partial charge in [-0.1, -0.05) is 12.1 Å². The molecule has 5 aliphatic rings. The standard InChI is InChI=1S/C35H47N5O2/c1-22(2)40-21-28-15-29(40)20-39(28)19-27-14-26(24-12-25(27)13-24)18-37-33-7-5-6-32-31(33)10-11-36-35(32)38-17-23-8-9-30(41-3)16-34(23)42-4/h5-11,16,22,24-29,37H,12-15,17-21H2,1-4H3,(H,36,38)/t24?,25?,26?,27?,28-,29-/m0/s1. The van der Waals surface area contributed by atoms with Gasteiger partial charge in [0.25, 0.3) is 0 Å². The normalized spacial score (nSPS) is 28.7. The summed E-state index contributed by atoms with van der Waals surface area (Å²) in [7, 11) is 3.37. The maximum atomic E-state index is 5.60. The van der Waals surface area contributed by atoms with Crippen molar-refractivity contribution in [1.82, 2.24) is 14.8 Å². The molecular weight excluding hydrogens is 522 g/mol. The summed E-state index contributed by atoms with van der Waals surface area (Å²) in [6, 6.07) is 16.9. The van der Waals surface area contributed by atoms with Crippen LogP contribution in [0.3, 0.4) is 0 Å². The van der Waals surface area contributed by atoms with E-state index in [0.29, 0.717) is 12.6 Å². The number of pyridine rings is 1. The van der Waals surface area contributed by atoms with E-state index < -0.39 is 0 Å². The monoisotopic (exact) mass is 569 g/mol. The molecule has 8 rings (SSSR count). The summed E-state index contributed by atoms with van der Waals surface area (Å²) in [6.07, 6.45) is 7.58. The Kier molecular flexibility index (Phi) is 7.65. The number of ether oxygens (including phenoxy) is 2. The van der Waals surface area contributed by atoms with Crippen LogP contribution in [0.5, 0.6) is 11.5 Å². The molecule has 0 radical (unpaired) electrons. The smallest absolute Gasteiger partial charge is 0.134 e. The number of methoxy groups -OCH3 is 2.